The van der Waals surface area contributed by atoms with Crippen molar-refractivity contribution in [1.29, 1.82) is 0 Å². The molecule has 1 amide bonds. The van der Waals surface area contributed by atoms with E-state index in [0.717, 1.165) is 10.0 Å². The summed E-state index contributed by atoms with van der Waals surface area (Å²) < 4.78 is 4.25. The third-order valence-corrected chi connectivity index (χ3v) is 5.08. The second-order valence-electron chi connectivity index (χ2n) is 6.39. The van der Waals surface area contributed by atoms with E-state index in [9.17, 15) is 4.79 Å². The van der Waals surface area contributed by atoms with Crippen molar-refractivity contribution in [3.63, 3.8) is 0 Å². The molecule has 146 valence electrons. The molecule has 0 bridgehead atoms. The van der Waals surface area contributed by atoms with Gasteiger partial charge >= 0.3 is 0 Å². The van der Waals surface area contributed by atoms with Crippen molar-refractivity contribution in [2.45, 2.75) is 6.54 Å². The molecule has 0 radical (unpaired) electrons. The Kier molecular flexibility index (Phi) is 5.46. The lowest BCUT2D eigenvalue weighted by Crippen LogP contribution is -2.14. The predicted molar refractivity (Wildman–Crippen MR) is 115 cm³/mol. The number of halogens is 2. The molecule has 2 aromatic carbocycles. The van der Waals surface area contributed by atoms with E-state index in [-0.39, 0.29) is 11.9 Å². The van der Waals surface area contributed by atoms with Crippen LogP contribution in [0.3, 0.4) is 0 Å². The number of amides is 1. The van der Waals surface area contributed by atoms with Gasteiger partial charge in [0.1, 0.15) is 12.0 Å². The zero-order valence-electron chi connectivity index (χ0n) is 15.4. The van der Waals surface area contributed by atoms with E-state index in [1.54, 1.807) is 35.0 Å². The molecule has 2 aromatic heterocycles. The highest BCUT2D eigenvalue weighted by molar-refractivity contribution is 9.10. The van der Waals surface area contributed by atoms with E-state index >= 15 is 0 Å². The van der Waals surface area contributed by atoms with Crippen LogP contribution in [0.2, 0.25) is 5.02 Å². The fourth-order valence-corrected chi connectivity index (χ4v) is 3.37. The third-order valence-electron chi connectivity index (χ3n) is 4.22. The van der Waals surface area contributed by atoms with E-state index in [1.807, 2.05) is 42.5 Å². The molecular formula is C20H16BrClN6O. The van der Waals surface area contributed by atoms with E-state index in [0.29, 0.717) is 28.4 Å². The Morgan fingerprint density at radius 3 is 2.66 bits per heavy atom. The fourth-order valence-electron chi connectivity index (χ4n) is 2.88. The van der Waals surface area contributed by atoms with E-state index in [2.05, 4.69) is 36.4 Å². The van der Waals surface area contributed by atoms with Crippen LogP contribution in [0.4, 0.5) is 5.95 Å². The van der Waals surface area contributed by atoms with Crippen molar-refractivity contribution in [3.05, 3.63) is 81.7 Å². The maximum absolute atomic E-state index is 12.8. The molecule has 2 heterocycles. The maximum atomic E-state index is 12.8. The first-order chi connectivity index (χ1) is 14.0. The van der Waals surface area contributed by atoms with Crippen LogP contribution in [-0.2, 0) is 13.6 Å². The highest BCUT2D eigenvalue weighted by Gasteiger charge is 2.20. The maximum Gasteiger partial charge on any atom is 0.261 e. The van der Waals surface area contributed by atoms with Gasteiger partial charge in [0.05, 0.1) is 17.1 Å². The molecule has 0 aliphatic rings. The summed E-state index contributed by atoms with van der Waals surface area (Å²) >= 11 is 9.70. The number of carbonyl (C=O) groups is 1. The minimum atomic E-state index is -0.352. The first-order valence-corrected chi connectivity index (χ1v) is 9.90. The quantitative estimate of drug-likeness (QED) is 0.468. The molecule has 0 saturated heterocycles. The zero-order valence-corrected chi connectivity index (χ0v) is 17.7. The van der Waals surface area contributed by atoms with Crippen LogP contribution in [-0.4, -0.2) is 30.5 Å². The van der Waals surface area contributed by atoms with Crippen LogP contribution in [0.15, 0.2) is 65.5 Å². The van der Waals surface area contributed by atoms with Crippen LogP contribution >= 0.6 is 27.5 Å². The molecule has 9 heteroatoms. The first kappa shape index (κ1) is 19.4. The Balaban J connectivity index is 1.53. The van der Waals surface area contributed by atoms with Gasteiger partial charge in [-0.3, -0.25) is 14.8 Å². The second kappa shape index (κ2) is 8.18. The van der Waals surface area contributed by atoms with Gasteiger partial charge in [-0.05, 0) is 23.8 Å². The van der Waals surface area contributed by atoms with Gasteiger partial charge in [0.25, 0.3) is 5.91 Å². The second-order valence-corrected chi connectivity index (χ2v) is 7.71. The Bertz CT molecular complexity index is 1170. The summed E-state index contributed by atoms with van der Waals surface area (Å²) in [6, 6.07) is 15.2. The molecule has 0 aliphatic carbocycles. The number of rotatable bonds is 5. The number of aromatic nitrogens is 5. The van der Waals surface area contributed by atoms with Crippen LogP contribution in [0, 0.1) is 0 Å². The molecule has 0 saturated carbocycles. The minimum Gasteiger partial charge on any atom is -0.289 e. The number of nitrogens with one attached hydrogen (secondary N) is 1. The molecular weight excluding hydrogens is 456 g/mol. The number of carbonyl (C=O) groups excluding carboxylic acids is 1. The van der Waals surface area contributed by atoms with E-state index in [1.165, 1.54) is 0 Å². The Morgan fingerprint density at radius 2 is 1.90 bits per heavy atom. The van der Waals surface area contributed by atoms with Crippen molar-refractivity contribution in [2.24, 2.45) is 7.05 Å². The number of hydrogen-bond acceptors (Lipinski definition) is 4. The molecule has 0 fully saturated rings. The summed E-state index contributed by atoms with van der Waals surface area (Å²) in [5.74, 6) is -0.129. The summed E-state index contributed by atoms with van der Waals surface area (Å²) in [4.78, 5) is 17.0. The summed E-state index contributed by atoms with van der Waals surface area (Å²) in [6.07, 6.45) is 3.22. The molecule has 4 rings (SSSR count). The van der Waals surface area contributed by atoms with Gasteiger partial charge in [0.2, 0.25) is 5.95 Å². The number of anilines is 1. The van der Waals surface area contributed by atoms with Gasteiger partial charge in [-0.1, -0.05) is 57.9 Å². The van der Waals surface area contributed by atoms with Crippen molar-refractivity contribution >= 4 is 39.4 Å². The molecule has 4 aromatic rings. The predicted octanol–water partition coefficient (Wildman–Crippen LogP) is 4.40. The smallest absolute Gasteiger partial charge is 0.261 e. The van der Waals surface area contributed by atoms with Gasteiger partial charge in [0, 0.05) is 23.3 Å². The minimum absolute atomic E-state index is 0.223. The summed E-state index contributed by atoms with van der Waals surface area (Å²) in [6.45, 7) is 0.550. The van der Waals surface area contributed by atoms with Crippen molar-refractivity contribution in [1.82, 2.24) is 24.5 Å². The standard InChI is InChI=1S/C20H16BrClN6O/c1-27-11-16(18(25-27)15-4-2-3-5-17(15)22)19(29)24-20-23-12-28(26-20)10-13-6-8-14(21)9-7-13/h2-9,11-12H,10H2,1H3,(H,24,26,29). The molecule has 0 atom stereocenters. The lowest BCUT2D eigenvalue weighted by Gasteiger charge is -2.04. The molecule has 0 unspecified atom stereocenters. The van der Waals surface area contributed by atoms with E-state index in [4.69, 9.17) is 11.6 Å². The van der Waals surface area contributed by atoms with Crippen molar-refractivity contribution in [3.8, 4) is 11.3 Å². The van der Waals surface area contributed by atoms with Crippen molar-refractivity contribution < 1.29 is 4.79 Å². The third kappa shape index (κ3) is 4.38. The number of aryl methyl sites for hydroxylation is 1. The first-order valence-electron chi connectivity index (χ1n) is 8.73. The molecule has 0 spiro atoms. The number of hydrogen-bond donors (Lipinski definition) is 1. The lowest BCUT2D eigenvalue weighted by atomic mass is 10.1. The van der Waals surface area contributed by atoms with Crippen LogP contribution in [0.1, 0.15) is 15.9 Å². The Hall–Kier alpha value is -2.97. The van der Waals surface area contributed by atoms with Gasteiger partial charge in [-0.15, -0.1) is 5.10 Å². The molecule has 7 nitrogen and oxygen atoms in total. The Morgan fingerprint density at radius 1 is 1.14 bits per heavy atom. The summed E-state index contributed by atoms with van der Waals surface area (Å²) in [5, 5.41) is 12.0. The van der Waals surface area contributed by atoms with Gasteiger partial charge < -0.3 is 0 Å². The summed E-state index contributed by atoms with van der Waals surface area (Å²) in [7, 11) is 1.75. The zero-order chi connectivity index (χ0) is 20.4. The normalized spacial score (nSPS) is 10.9. The van der Waals surface area contributed by atoms with Gasteiger partial charge in [-0.25, -0.2) is 9.67 Å². The lowest BCUT2D eigenvalue weighted by molar-refractivity contribution is 0.102. The average molecular weight is 472 g/mol. The monoisotopic (exact) mass is 470 g/mol. The van der Waals surface area contributed by atoms with Crippen LogP contribution in [0.5, 0.6) is 0 Å². The SMILES string of the molecule is Cn1cc(C(=O)Nc2ncn(Cc3ccc(Br)cc3)n2)c(-c2ccccc2Cl)n1. The van der Waals surface area contributed by atoms with Crippen LogP contribution in [0.25, 0.3) is 11.3 Å². The highest BCUT2D eigenvalue weighted by Crippen LogP contribution is 2.29. The topological polar surface area (TPSA) is 77.6 Å². The highest BCUT2D eigenvalue weighted by atomic mass is 79.9. The van der Waals surface area contributed by atoms with Gasteiger partial charge in [-0.2, -0.15) is 5.10 Å². The average Bonchev–Trinajstić information content (AvgIpc) is 3.30. The Labute approximate surface area is 180 Å². The van der Waals surface area contributed by atoms with E-state index < -0.39 is 0 Å². The number of nitrogens with zero attached hydrogens (tertiary/aromatic N) is 5. The largest absolute Gasteiger partial charge is 0.289 e. The molecule has 1 N–H and O–H groups in total. The fraction of sp³-hybridized carbons (Fsp3) is 0.100. The van der Waals surface area contributed by atoms with Crippen molar-refractivity contribution in [2.75, 3.05) is 5.32 Å². The number of benzene rings is 2. The van der Waals surface area contributed by atoms with Crippen LogP contribution < -0.4 is 5.32 Å². The summed E-state index contributed by atoms with van der Waals surface area (Å²) in [5.41, 5.74) is 2.66. The molecule has 29 heavy (non-hydrogen) atoms. The van der Waals surface area contributed by atoms with Gasteiger partial charge in [0.15, 0.2) is 0 Å². The molecule has 0 aliphatic heterocycles.